The molecule has 1 amide bonds. The molecule has 1 saturated carbocycles. The van der Waals surface area contributed by atoms with E-state index in [0.29, 0.717) is 12.2 Å². The molecule has 0 aliphatic heterocycles. The van der Waals surface area contributed by atoms with E-state index in [2.05, 4.69) is 10.3 Å². The molecule has 1 aliphatic rings. The lowest BCUT2D eigenvalue weighted by atomic mass is 9.87. The van der Waals surface area contributed by atoms with Gasteiger partial charge in [-0.2, -0.15) is 0 Å². The van der Waals surface area contributed by atoms with Crippen molar-refractivity contribution in [1.29, 1.82) is 0 Å². The van der Waals surface area contributed by atoms with Crippen LogP contribution in [0.3, 0.4) is 0 Å². The molecule has 1 fully saturated rings. The molecule has 1 aromatic rings. The SMILES string of the molecule is Cc1nc(C(=O)NCCC2CCCCC2)ccc1C(=O)O. The molecule has 114 valence electrons. The van der Waals surface area contributed by atoms with Crippen molar-refractivity contribution in [2.24, 2.45) is 5.92 Å². The van der Waals surface area contributed by atoms with Gasteiger partial charge in [0.15, 0.2) is 0 Å². The first-order chi connectivity index (χ1) is 10.1. The second kappa shape index (κ2) is 7.20. The Balaban J connectivity index is 1.85. The van der Waals surface area contributed by atoms with E-state index in [4.69, 9.17) is 5.11 Å². The number of nitrogens with one attached hydrogen (secondary N) is 1. The molecule has 1 aromatic heterocycles. The lowest BCUT2D eigenvalue weighted by Crippen LogP contribution is -2.27. The molecule has 5 nitrogen and oxygen atoms in total. The minimum atomic E-state index is -1.02. The molecule has 0 aromatic carbocycles. The Bertz CT molecular complexity index is 522. The van der Waals surface area contributed by atoms with E-state index in [0.717, 1.165) is 12.3 Å². The number of aromatic carboxylic acids is 1. The number of hydrogen-bond donors (Lipinski definition) is 2. The summed E-state index contributed by atoms with van der Waals surface area (Å²) in [6.45, 7) is 2.26. The molecular weight excluding hydrogens is 268 g/mol. The quantitative estimate of drug-likeness (QED) is 0.874. The zero-order valence-electron chi connectivity index (χ0n) is 12.4. The molecule has 0 unspecified atom stereocenters. The number of amides is 1. The van der Waals surface area contributed by atoms with Crippen LogP contribution >= 0.6 is 0 Å². The maximum atomic E-state index is 12.0. The summed E-state index contributed by atoms with van der Waals surface area (Å²) < 4.78 is 0. The number of hydrogen-bond acceptors (Lipinski definition) is 3. The van der Waals surface area contributed by atoms with Gasteiger partial charge in [-0.05, 0) is 31.4 Å². The Morgan fingerprint density at radius 1 is 1.29 bits per heavy atom. The molecule has 0 atom stereocenters. The molecule has 0 bridgehead atoms. The van der Waals surface area contributed by atoms with E-state index < -0.39 is 5.97 Å². The number of aromatic nitrogens is 1. The smallest absolute Gasteiger partial charge is 0.337 e. The van der Waals surface area contributed by atoms with E-state index in [1.807, 2.05) is 0 Å². The molecule has 2 N–H and O–H groups in total. The van der Waals surface area contributed by atoms with Crippen LogP contribution in [0.15, 0.2) is 12.1 Å². The van der Waals surface area contributed by atoms with Gasteiger partial charge in [0.1, 0.15) is 5.69 Å². The predicted octanol–water partition coefficient (Wildman–Crippen LogP) is 2.79. The predicted molar refractivity (Wildman–Crippen MR) is 79.5 cm³/mol. The topological polar surface area (TPSA) is 79.3 Å². The molecule has 1 heterocycles. The zero-order valence-corrected chi connectivity index (χ0v) is 12.4. The van der Waals surface area contributed by atoms with E-state index in [1.54, 1.807) is 6.92 Å². The van der Waals surface area contributed by atoms with Gasteiger partial charge in [-0.25, -0.2) is 9.78 Å². The lowest BCUT2D eigenvalue weighted by molar-refractivity contribution is 0.0694. The largest absolute Gasteiger partial charge is 0.478 e. The van der Waals surface area contributed by atoms with Gasteiger partial charge >= 0.3 is 5.97 Å². The van der Waals surface area contributed by atoms with Gasteiger partial charge in [-0.15, -0.1) is 0 Å². The summed E-state index contributed by atoms with van der Waals surface area (Å²) in [5.41, 5.74) is 0.775. The fourth-order valence-corrected chi connectivity index (χ4v) is 2.87. The standard InChI is InChI=1S/C16H22N2O3/c1-11-13(16(20)21)7-8-14(18-11)15(19)17-10-9-12-5-3-2-4-6-12/h7-8,12H,2-6,9-10H2,1H3,(H,17,19)(H,20,21). The summed E-state index contributed by atoms with van der Waals surface area (Å²) in [6, 6.07) is 2.90. The Kier molecular flexibility index (Phi) is 5.31. The average molecular weight is 290 g/mol. The number of aryl methyl sites for hydroxylation is 1. The van der Waals surface area contributed by atoms with Crippen molar-refractivity contribution < 1.29 is 14.7 Å². The van der Waals surface area contributed by atoms with Crippen molar-refractivity contribution in [2.75, 3.05) is 6.54 Å². The number of carbonyl (C=O) groups is 2. The summed E-state index contributed by atoms with van der Waals surface area (Å²) in [6.07, 6.45) is 7.48. The Morgan fingerprint density at radius 3 is 2.62 bits per heavy atom. The van der Waals surface area contributed by atoms with Crippen molar-refractivity contribution in [3.05, 3.63) is 29.1 Å². The van der Waals surface area contributed by atoms with Crippen LogP contribution in [0.5, 0.6) is 0 Å². The maximum absolute atomic E-state index is 12.0. The van der Waals surface area contributed by atoms with Crippen LogP contribution in [-0.4, -0.2) is 28.5 Å². The van der Waals surface area contributed by atoms with Crippen LogP contribution in [-0.2, 0) is 0 Å². The third-order valence-corrected chi connectivity index (χ3v) is 4.11. The summed E-state index contributed by atoms with van der Waals surface area (Å²) in [5, 5.41) is 11.8. The summed E-state index contributed by atoms with van der Waals surface area (Å²) in [7, 11) is 0. The highest BCUT2D eigenvalue weighted by molar-refractivity contribution is 5.94. The Morgan fingerprint density at radius 2 is 2.00 bits per heavy atom. The summed E-state index contributed by atoms with van der Waals surface area (Å²) in [4.78, 5) is 27.0. The first-order valence-corrected chi connectivity index (χ1v) is 7.57. The van der Waals surface area contributed by atoms with Crippen LogP contribution < -0.4 is 5.32 Å². The third-order valence-electron chi connectivity index (χ3n) is 4.11. The Labute approximate surface area is 124 Å². The summed E-state index contributed by atoms with van der Waals surface area (Å²) >= 11 is 0. The highest BCUT2D eigenvalue weighted by Gasteiger charge is 2.15. The molecule has 2 rings (SSSR count). The number of nitrogens with zero attached hydrogens (tertiary/aromatic N) is 1. The molecule has 21 heavy (non-hydrogen) atoms. The van der Waals surface area contributed by atoms with Gasteiger partial charge in [0.05, 0.1) is 11.3 Å². The van der Waals surface area contributed by atoms with Crippen molar-refractivity contribution in [1.82, 2.24) is 10.3 Å². The molecule has 0 saturated heterocycles. The van der Waals surface area contributed by atoms with Gasteiger partial charge in [0.25, 0.3) is 5.91 Å². The number of pyridine rings is 1. The number of carboxylic acids is 1. The second-order valence-electron chi connectivity index (χ2n) is 5.68. The first-order valence-electron chi connectivity index (χ1n) is 7.57. The molecule has 0 spiro atoms. The highest BCUT2D eigenvalue weighted by atomic mass is 16.4. The zero-order chi connectivity index (χ0) is 15.2. The van der Waals surface area contributed by atoms with Gasteiger partial charge in [-0.3, -0.25) is 4.79 Å². The van der Waals surface area contributed by atoms with Crippen molar-refractivity contribution >= 4 is 11.9 Å². The number of carbonyl (C=O) groups excluding carboxylic acids is 1. The van der Waals surface area contributed by atoms with Gasteiger partial charge in [0.2, 0.25) is 0 Å². The highest BCUT2D eigenvalue weighted by Crippen LogP contribution is 2.25. The van der Waals surface area contributed by atoms with Crippen LogP contribution in [0, 0.1) is 12.8 Å². The minimum Gasteiger partial charge on any atom is -0.478 e. The van der Waals surface area contributed by atoms with Crippen LogP contribution in [0.4, 0.5) is 0 Å². The normalized spacial score (nSPS) is 15.7. The fraction of sp³-hybridized carbons (Fsp3) is 0.562. The van der Waals surface area contributed by atoms with E-state index >= 15 is 0 Å². The van der Waals surface area contributed by atoms with E-state index in [-0.39, 0.29) is 17.2 Å². The molecular formula is C16H22N2O3. The van der Waals surface area contributed by atoms with Gasteiger partial charge in [0, 0.05) is 6.54 Å². The van der Waals surface area contributed by atoms with Crippen LogP contribution in [0.2, 0.25) is 0 Å². The molecule has 1 aliphatic carbocycles. The van der Waals surface area contributed by atoms with Crippen molar-refractivity contribution in [2.45, 2.75) is 45.4 Å². The lowest BCUT2D eigenvalue weighted by Gasteiger charge is -2.21. The minimum absolute atomic E-state index is 0.133. The van der Waals surface area contributed by atoms with Crippen molar-refractivity contribution in [3.63, 3.8) is 0 Å². The van der Waals surface area contributed by atoms with Crippen LogP contribution in [0.25, 0.3) is 0 Å². The molecule has 5 heteroatoms. The number of rotatable bonds is 5. The van der Waals surface area contributed by atoms with E-state index in [9.17, 15) is 9.59 Å². The fourth-order valence-electron chi connectivity index (χ4n) is 2.87. The van der Waals surface area contributed by atoms with E-state index in [1.165, 1.54) is 44.2 Å². The third kappa shape index (κ3) is 4.28. The van der Waals surface area contributed by atoms with Gasteiger partial charge < -0.3 is 10.4 Å². The Hall–Kier alpha value is -1.91. The first kappa shape index (κ1) is 15.5. The second-order valence-corrected chi connectivity index (χ2v) is 5.68. The van der Waals surface area contributed by atoms with Gasteiger partial charge in [-0.1, -0.05) is 32.1 Å². The average Bonchev–Trinajstić information content (AvgIpc) is 2.47. The maximum Gasteiger partial charge on any atom is 0.337 e. The summed E-state index contributed by atoms with van der Waals surface area (Å²) in [5.74, 6) is -0.529. The van der Waals surface area contributed by atoms with Crippen molar-refractivity contribution in [3.8, 4) is 0 Å². The number of carboxylic acid groups (broad SMARTS) is 1. The monoisotopic (exact) mass is 290 g/mol. The van der Waals surface area contributed by atoms with Crippen LogP contribution in [0.1, 0.15) is 65.1 Å². The molecule has 0 radical (unpaired) electrons.